The van der Waals surface area contributed by atoms with E-state index in [-0.39, 0.29) is 17.7 Å². The van der Waals surface area contributed by atoms with E-state index in [1.807, 2.05) is 27.7 Å². The molecule has 0 bridgehead atoms. The Morgan fingerprint density at radius 2 is 1.69 bits per heavy atom. The average Bonchev–Trinajstić information content (AvgIpc) is 2.17. The smallest absolute Gasteiger partial charge is 0.326 e. The highest BCUT2D eigenvalue weighted by molar-refractivity contribution is 5.84. The summed E-state index contributed by atoms with van der Waals surface area (Å²) in [6, 6.07) is -0.756. The zero-order valence-electron chi connectivity index (χ0n) is 10.6. The topological polar surface area (TPSA) is 66.4 Å². The molecular formula is C12H23NO3. The van der Waals surface area contributed by atoms with Crippen LogP contribution in [0.25, 0.3) is 0 Å². The molecule has 1 unspecified atom stereocenters. The van der Waals surface area contributed by atoms with Gasteiger partial charge in [-0.15, -0.1) is 0 Å². The lowest BCUT2D eigenvalue weighted by Crippen LogP contribution is -2.44. The molecule has 0 aromatic rings. The largest absolute Gasteiger partial charge is 0.480 e. The van der Waals surface area contributed by atoms with Gasteiger partial charge in [0.15, 0.2) is 0 Å². The maximum absolute atomic E-state index is 11.7. The van der Waals surface area contributed by atoms with Crippen molar-refractivity contribution in [1.29, 1.82) is 0 Å². The Hall–Kier alpha value is -1.06. The minimum absolute atomic E-state index is 0.0750. The van der Waals surface area contributed by atoms with Crippen LogP contribution in [0.4, 0.5) is 0 Å². The summed E-state index contributed by atoms with van der Waals surface area (Å²) < 4.78 is 0. The number of amides is 1. The number of carbonyl (C=O) groups is 2. The fraction of sp³-hybridized carbons (Fsp3) is 0.833. The standard InChI is InChI=1S/C12H23NO3/c1-5-9(6-2)11(14)13-10(12(15)16)7-8(3)4/h8-10H,5-7H2,1-4H3,(H,13,14)(H,15,16). The van der Waals surface area contributed by atoms with Crippen LogP contribution in [0.3, 0.4) is 0 Å². The molecule has 94 valence electrons. The van der Waals surface area contributed by atoms with Crippen molar-refractivity contribution in [2.24, 2.45) is 11.8 Å². The lowest BCUT2D eigenvalue weighted by Gasteiger charge is -2.19. The SMILES string of the molecule is CCC(CC)C(=O)NC(CC(C)C)C(=O)O. The van der Waals surface area contributed by atoms with Crippen LogP contribution in [-0.4, -0.2) is 23.0 Å². The molecule has 0 spiro atoms. The fourth-order valence-corrected chi connectivity index (χ4v) is 1.64. The number of aliphatic carboxylic acids is 1. The Labute approximate surface area is 97.4 Å². The van der Waals surface area contributed by atoms with Gasteiger partial charge in [0.2, 0.25) is 5.91 Å². The van der Waals surface area contributed by atoms with Gasteiger partial charge in [0.1, 0.15) is 6.04 Å². The minimum atomic E-state index is -0.951. The van der Waals surface area contributed by atoms with E-state index >= 15 is 0 Å². The normalized spacial score (nSPS) is 12.9. The van der Waals surface area contributed by atoms with Gasteiger partial charge in [0.25, 0.3) is 0 Å². The molecule has 0 aromatic carbocycles. The summed E-state index contributed by atoms with van der Waals surface area (Å²) in [6.45, 7) is 7.76. The van der Waals surface area contributed by atoms with Gasteiger partial charge >= 0.3 is 5.97 Å². The molecule has 1 atom stereocenters. The molecule has 4 nitrogen and oxygen atoms in total. The van der Waals surface area contributed by atoms with E-state index in [1.54, 1.807) is 0 Å². The van der Waals surface area contributed by atoms with Crippen molar-refractivity contribution >= 4 is 11.9 Å². The highest BCUT2D eigenvalue weighted by atomic mass is 16.4. The molecule has 0 rings (SSSR count). The number of rotatable bonds is 7. The summed E-state index contributed by atoms with van der Waals surface area (Å²) in [5, 5.41) is 11.6. The molecule has 4 heteroatoms. The number of carboxylic acid groups (broad SMARTS) is 1. The van der Waals surface area contributed by atoms with Crippen molar-refractivity contribution in [3.8, 4) is 0 Å². The number of nitrogens with one attached hydrogen (secondary N) is 1. The number of hydrogen-bond donors (Lipinski definition) is 2. The van der Waals surface area contributed by atoms with Crippen molar-refractivity contribution in [1.82, 2.24) is 5.32 Å². The first-order valence-corrected chi connectivity index (χ1v) is 5.95. The summed E-state index contributed by atoms with van der Waals surface area (Å²) >= 11 is 0. The molecule has 2 N–H and O–H groups in total. The zero-order valence-corrected chi connectivity index (χ0v) is 10.6. The first-order chi connectivity index (χ1) is 7.42. The van der Waals surface area contributed by atoms with E-state index in [4.69, 9.17) is 5.11 Å². The molecule has 1 amide bonds. The van der Waals surface area contributed by atoms with E-state index < -0.39 is 12.0 Å². The maximum Gasteiger partial charge on any atom is 0.326 e. The lowest BCUT2D eigenvalue weighted by molar-refractivity contribution is -0.143. The predicted molar refractivity (Wildman–Crippen MR) is 63.1 cm³/mol. The number of carboxylic acids is 1. The van der Waals surface area contributed by atoms with Crippen LogP contribution in [0.5, 0.6) is 0 Å². The van der Waals surface area contributed by atoms with E-state index in [9.17, 15) is 9.59 Å². The van der Waals surface area contributed by atoms with Crippen LogP contribution in [0.2, 0.25) is 0 Å². The lowest BCUT2D eigenvalue weighted by atomic mass is 10.00. The van der Waals surface area contributed by atoms with Gasteiger partial charge in [0, 0.05) is 5.92 Å². The van der Waals surface area contributed by atoms with Crippen molar-refractivity contribution in [3.63, 3.8) is 0 Å². The van der Waals surface area contributed by atoms with Crippen molar-refractivity contribution < 1.29 is 14.7 Å². The van der Waals surface area contributed by atoms with Crippen LogP contribution in [0, 0.1) is 11.8 Å². The van der Waals surface area contributed by atoms with Gasteiger partial charge in [-0.05, 0) is 25.2 Å². The molecule has 0 radical (unpaired) electrons. The summed E-state index contributed by atoms with van der Waals surface area (Å²) in [7, 11) is 0. The second kappa shape index (κ2) is 7.25. The molecular weight excluding hydrogens is 206 g/mol. The highest BCUT2D eigenvalue weighted by Gasteiger charge is 2.23. The van der Waals surface area contributed by atoms with Crippen LogP contribution < -0.4 is 5.32 Å². The Bertz CT molecular complexity index is 234. The van der Waals surface area contributed by atoms with Gasteiger partial charge in [-0.2, -0.15) is 0 Å². The average molecular weight is 229 g/mol. The molecule has 0 heterocycles. The minimum Gasteiger partial charge on any atom is -0.480 e. The van der Waals surface area contributed by atoms with E-state index in [2.05, 4.69) is 5.32 Å². The van der Waals surface area contributed by atoms with Crippen molar-refractivity contribution in [2.75, 3.05) is 0 Å². The third kappa shape index (κ3) is 5.14. The zero-order chi connectivity index (χ0) is 12.7. The predicted octanol–water partition coefficient (Wildman–Crippen LogP) is 2.04. The second-order valence-corrected chi connectivity index (χ2v) is 4.54. The van der Waals surface area contributed by atoms with E-state index in [1.165, 1.54) is 0 Å². The third-order valence-electron chi connectivity index (χ3n) is 2.68. The molecule has 0 aliphatic rings. The van der Waals surface area contributed by atoms with Crippen molar-refractivity contribution in [3.05, 3.63) is 0 Å². The fourth-order valence-electron chi connectivity index (χ4n) is 1.64. The summed E-state index contributed by atoms with van der Waals surface area (Å²) in [4.78, 5) is 22.7. The quantitative estimate of drug-likeness (QED) is 0.702. The van der Waals surface area contributed by atoms with Crippen molar-refractivity contribution in [2.45, 2.75) is 53.0 Å². The summed E-state index contributed by atoms with van der Waals surface area (Å²) in [6.07, 6.45) is 1.97. The van der Waals surface area contributed by atoms with Gasteiger partial charge in [-0.1, -0.05) is 27.7 Å². The Balaban J connectivity index is 4.39. The molecule has 0 saturated carbocycles. The molecule has 16 heavy (non-hydrogen) atoms. The first kappa shape index (κ1) is 14.9. The molecule has 0 aliphatic heterocycles. The summed E-state index contributed by atoms with van der Waals surface area (Å²) in [5.41, 5.74) is 0. The molecule has 0 aliphatic carbocycles. The Morgan fingerprint density at radius 1 is 1.19 bits per heavy atom. The Morgan fingerprint density at radius 3 is 2.00 bits per heavy atom. The highest BCUT2D eigenvalue weighted by Crippen LogP contribution is 2.10. The number of carbonyl (C=O) groups excluding carboxylic acids is 1. The van der Waals surface area contributed by atoms with Crippen LogP contribution in [-0.2, 0) is 9.59 Å². The van der Waals surface area contributed by atoms with Crippen LogP contribution in [0.15, 0.2) is 0 Å². The second-order valence-electron chi connectivity index (χ2n) is 4.54. The van der Waals surface area contributed by atoms with Gasteiger partial charge in [0.05, 0.1) is 0 Å². The maximum atomic E-state index is 11.7. The molecule has 0 saturated heterocycles. The van der Waals surface area contributed by atoms with Gasteiger partial charge < -0.3 is 10.4 Å². The Kier molecular flexibility index (Phi) is 6.77. The number of hydrogen-bond acceptors (Lipinski definition) is 2. The van der Waals surface area contributed by atoms with Crippen LogP contribution >= 0.6 is 0 Å². The molecule has 0 fully saturated rings. The monoisotopic (exact) mass is 229 g/mol. The van der Waals surface area contributed by atoms with E-state index in [0.717, 1.165) is 12.8 Å². The molecule has 0 aromatic heterocycles. The van der Waals surface area contributed by atoms with Gasteiger partial charge in [-0.3, -0.25) is 4.79 Å². The summed E-state index contributed by atoms with van der Waals surface area (Å²) in [5.74, 6) is -0.914. The van der Waals surface area contributed by atoms with Crippen LogP contribution in [0.1, 0.15) is 47.0 Å². The first-order valence-electron chi connectivity index (χ1n) is 5.95. The van der Waals surface area contributed by atoms with E-state index in [0.29, 0.717) is 6.42 Å². The van der Waals surface area contributed by atoms with Gasteiger partial charge in [-0.25, -0.2) is 4.79 Å². The third-order valence-corrected chi connectivity index (χ3v) is 2.68.